The summed E-state index contributed by atoms with van der Waals surface area (Å²) in [4.78, 5) is 19.6. The van der Waals surface area contributed by atoms with Crippen LogP contribution in [0, 0.1) is 0 Å². The Labute approximate surface area is 109 Å². The number of nitrogens with zero attached hydrogens (tertiary/aromatic N) is 2. The Morgan fingerprint density at radius 2 is 2.22 bits per heavy atom. The first kappa shape index (κ1) is 12.4. The van der Waals surface area contributed by atoms with Crippen LogP contribution in [-0.4, -0.2) is 16.6 Å². The van der Waals surface area contributed by atoms with Gasteiger partial charge in [0.25, 0.3) is 0 Å². The molecular formula is C13H13N3OS. The van der Waals surface area contributed by atoms with E-state index in [-0.39, 0.29) is 13.3 Å². The number of thiazole rings is 1. The number of aromatic nitrogens is 1. The lowest BCUT2D eigenvalue weighted by molar-refractivity contribution is -0.114. The average molecular weight is 259 g/mol. The van der Waals surface area contributed by atoms with Crippen LogP contribution in [0.4, 0.5) is 11.4 Å². The molecule has 0 aliphatic carbocycles. The first-order valence-electron chi connectivity index (χ1n) is 5.14. The molecule has 3 rings (SSSR count). The van der Waals surface area contributed by atoms with Gasteiger partial charge in [0, 0.05) is 29.8 Å². The van der Waals surface area contributed by atoms with Gasteiger partial charge in [0.05, 0.1) is 5.69 Å². The van der Waals surface area contributed by atoms with Crippen LogP contribution in [-0.2, 0) is 4.79 Å². The van der Waals surface area contributed by atoms with Gasteiger partial charge in [-0.15, -0.1) is 11.3 Å². The van der Waals surface area contributed by atoms with Crippen molar-refractivity contribution >= 4 is 34.3 Å². The van der Waals surface area contributed by atoms with Crippen molar-refractivity contribution in [2.45, 2.75) is 14.4 Å². The topological polar surface area (TPSA) is 54.4 Å². The van der Waals surface area contributed by atoms with Gasteiger partial charge in [0.1, 0.15) is 10.7 Å². The van der Waals surface area contributed by atoms with Gasteiger partial charge in [0.2, 0.25) is 5.91 Å². The summed E-state index contributed by atoms with van der Waals surface area (Å²) in [6.07, 6.45) is 1.77. The average Bonchev–Trinajstić information content (AvgIpc) is 2.74. The van der Waals surface area contributed by atoms with Crippen LogP contribution in [0.2, 0.25) is 0 Å². The molecule has 5 heteroatoms. The monoisotopic (exact) mass is 259 g/mol. The Kier molecular flexibility index (Phi) is 3.25. The molecule has 4 nitrogen and oxygen atoms in total. The normalized spacial score (nSPS) is 11.7. The highest BCUT2D eigenvalue weighted by molar-refractivity contribution is 7.12. The molecule has 0 saturated heterocycles. The van der Waals surface area contributed by atoms with Gasteiger partial charge in [-0.05, 0) is 18.2 Å². The van der Waals surface area contributed by atoms with Crippen molar-refractivity contribution in [2.24, 2.45) is 4.99 Å². The molecule has 0 unspecified atom stereocenters. The number of carbonyl (C=O) groups is 1. The molecule has 1 aliphatic heterocycles. The SMILES string of the molecule is C.CC(=O)Nc1ccc2c(c1)N=C2c1nccs1. The van der Waals surface area contributed by atoms with Gasteiger partial charge in [-0.1, -0.05) is 7.43 Å². The highest BCUT2D eigenvalue weighted by Gasteiger charge is 2.22. The molecule has 0 saturated carbocycles. The van der Waals surface area contributed by atoms with Crippen molar-refractivity contribution < 1.29 is 4.79 Å². The largest absolute Gasteiger partial charge is 0.326 e. The number of carbonyl (C=O) groups excluding carboxylic acids is 1. The second-order valence-electron chi connectivity index (χ2n) is 3.71. The zero-order valence-electron chi connectivity index (χ0n) is 9.10. The van der Waals surface area contributed by atoms with Crippen LogP contribution >= 0.6 is 11.3 Å². The zero-order chi connectivity index (χ0) is 11.8. The third-order valence-corrected chi connectivity index (χ3v) is 3.22. The van der Waals surface area contributed by atoms with Gasteiger partial charge in [-0.3, -0.25) is 4.79 Å². The Morgan fingerprint density at radius 1 is 1.39 bits per heavy atom. The molecule has 92 valence electrons. The molecule has 0 radical (unpaired) electrons. The molecule has 2 aromatic rings. The maximum atomic E-state index is 10.9. The lowest BCUT2D eigenvalue weighted by Crippen LogP contribution is -2.12. The summed E-state index contributed by atoms with van der Waals surface area (Å²) < 4.78 is 0. The Balaban J connectivity index is 0.00000120. The quantitative estimate of drug-likeness (QED) is 0.768. The first-order valence-corrected chi connectivity index (χ1v) is 6.02. The number of hydrogen-bond acceptors (Lipinski definition) is 4. The molecule has 0 atom stereocenters. The van der Waals surface area contributed by atoms with Crippen LogP contribution in [0.5, 0.6) is 0 Å². The molecule has 0 spiro atoms. The van der Waals surface area contributed by atoms with Crippen molar-refractivity contribution in [1.29, 1.82) is 0 Å². The van der Waals surface area contributed by atoms with E-state index in [1.54, 1.807) is 17.5 Å². The predicted molar refractivity (Wildman–Crippen MR) is 74.9 cm³/mol. The van der Waals surface area contributed by atoms with Gasteiger partial charge < -0.3 is 5.32 Å². The molecule has 1 aromatic heterocycles. The Bertz CT molecular complexity index is 617. The van der Waals surface area contributed by atoms with E-state index in [0.717, 1.165) is 27.7 Å². The molecule has 1 aromatic carbocycles. The number of anilines is 1. The fraction of sp³-hybridized carbons (Fsp3) is 0.154. The van der Waals surface area contributed by atoms with Crippen molar-refractivity contribution in [3.63, 3.8) is 0 Å². The van der Waals surface area contributed by atoms with Crippen LogP contribution in [0.3, 0.4) is 0 Å². The van der Waals surface area contributed by atoms with Crippen LogP contribution < -0.4 is 5.32 Å². The fourth-order valence-electron chi connectivity index (χ4n) is 1.74. The van der Waals surface area contributed by atoms with E-state index in [0.29, 0.717) is 0 Å². The molecular weight excluding hydrogens is 246 g/mol. The van der Waals surface area contributed by atoms with Crippen LogP contribution in [0.25, 0.3) is 0 Å². The van der Waals surface area contributed by atoms with E-state index in [2.05, 4.69) is 15.3 Å². The molecule has 0 bridgehead atoms. The second kappa shape index (κ2) is 4.70. The van der Waals surface area contributed by atoms with Crippen molar-refractivity contribution in [3.05, 3.63) is 40.3 Å². The van der Waals surface area contributed by atoms with E-state index < -0.39 is 0 Å². The summed E-state index contributed by atoms with van der Waals surface area (Å²) in [5.41, 5.74) is 3.71. The zero-order valence-corrected chi connectivity index (χ0v) is 9.91. The Hall–Kier alpha value is -2.01. The van der Waals surface area contributed by atoms with Gasteiger partial charge in [-0.25, -0.2) is 9.98 Å². The van der Waals surface area contributed by atoms with Gasteiger partial charge >= 0.3 is 0 Å². The number of rotatable bonds is 2. The molecule has 1 amide bonds. The van der Waals surface area contributed by atoms with E-state index in [1.165, 1.54) is 6.92 Å². The van der Waals surface area contributed by atoms with E-state index >= 15 is 0 Å². The lowest BCUT2D eigenvalue weighted by Gasteiger charge is -2.17. The third kappa shape index (κ3) is 2.04. The summed E-state index contributed by atoms with van der Waals surface area (Å²) in [5, 5.41) is 5.60. The molecule has 1 N–H and O–H groups in total. The van der Waals surface area contributed by atoms with E-state index in [4.69, 9.17) is 0 Å². The lowest BCUT2D eigenvalue weighted by atomic mass is 10.0. The number of benzene rings is 1. The van der Waals surface area contributed by atoms with Gasteiger partial charge in [0.15, 0.2) is 0 Å². The van der Waals surface area contributed by atoms with E-state index in [1.807, 2.05) is 23.6 Å². The van der Waals surface area contributed by atoms with Crippen molar-refractivity contribution in [3.8, 4) is 0 Å². The maximum Gasteiger partial charge on any atom is 0.221 e. The minimum Gasteiger partial charge on any atom is -0.326 e. The number of fused-ring (bicyclic) bond motifs is 1. The number of hydrogen-bond donors (Lipinski definition) is 1. The minimum atomic E-state index is -0.0756. The van der Waals surface area contributed by atoms with Crippen LogP contribution in [0.15, 0.2) is 34.8 Å². The smallest absolute Gasteiger partial charge is 0.221 e. The summed E-state index contributed by atoms with van der Waals surface area (Å²) >= 11 is 1.57. The summed E-state index contributed by atoms with van der Waals surface area (Å²) in [7, 11) is 0. The van der Waals surface area contributed by atoms with Crippen molar-refractivity contribution in [2.75, 3.05) is 5.32 Å². The highest BCUT2D eigenvalue weighted by Crippen LogP contribution is 2.35. The number of aliphatic imine (C=N–C) groups is 1. The number of amides is 1. The first-order chi connectivity index (χ1) is 8.24. The van der Waals surface area contributed by atoms with Crippen LogP contribution in [0.1, 0.15) is 24.9 Å². The fourth-order valence-corrected chi connectivity index (χ4v) is 2.38. The molecule has 1 aliphatic rings. The maximum absolute atomic E-state index is 10.9. The van der Waals surface area contributed by atoms with Crippen molar-refractivity contribution in [1.82, 2.24) is 4.98 Å². The molecule has 18 heavy (non-hydrogen) atoms. The number of nitrogens with one attached hydrogen (secondary N) is 1. The molecule has 0 fully saturated rings. The van der Waals surface area contributed by atoms with Gasteiger partial charge in [-0.2, -0.15) is 0 Å². The predicted octanol–water partition coefficient (Wildman–Crippen LogP) is 3.22. The standard InChI is InChI=1S/C12H9N3OS.CH4/c1-7(16)14-8-2-3-9-10(6-8)15-11(9)12-13-4-5-17-12;/h2-6H,1H3,(H,14,16);1H4. The summed E-state index contributed by atoms with van der Waals surface area (Å²) in [5.74, 6) is -0.0756. The second-order valence-corrected chi connectivity index (χ2v) is 4.61. The third-order valence-electron chi connectivity index (χ3n) is 2.44. The molecule has 2 heterocycles. The highest BCUT2D eigenvalue weighted by atomic mass is 32.1. The Morgan fingerprint density at radius 3 is 2.83 bits per heavy atom. The summed E-state index contributed by atoms with van der Waals surface area (Å²) in [6, 6.07) is 5.71. The van der Waals surface area contributed by atoms with E-state index in [9.17, 15) is 4.79 Å². The summed E-state index contributed by atoms with van der Waals surface area (Å²) in [6.45, 7) is 1.49. The minimum absolute atomic E-state index is 0.